The Morgan fingerprint density at radius 3 is 2.42 bits per heavy atom. The van der Waals surface area contributed by atoms with Gasteiger partial charge in [-0.05, 0) is 31.2 Å². The van der Waals surface area contributed by atoms with E-state index in [1.165, 1.54) is 4.90 Å². The molecule has 0 aliphatic heterocycles. The molecular weight excluding hydrogens is 246 g/mol. The van der Waals surface area contributed by atoms with Crippen molar-refractivity contribution in [2.75, 3.05) is 25.4 Å². The Morgan fingerprint density at radius 1 is 1.26 bits per heavy atom. The molecule has 0 unspecified atom stereocenters. The third-order valence-corrected chi connectivity index (χ3v) is 2.55. The zero-order valence-electron chi connectivity index (χ0n) is 11.0. The minimum atomic E-state index is -0.519. The Labute approximate surface area is 112 Å². The van der Waals surface area contributed by atoms with E-state index in [1.54, 1.807) is 31.2 Å². The Morgan fingerprint density at radius 2 is 1.89 bits per heavy atom. The minimum absolute atomic E-state index is 0.0583. The smallest absolute Gasteiger partial charge is 0.237 e. The van der Waals surface area contributed by atoms with Gasteiger partial charge in [-0.1, -0.05) is 0 Å². The molecule has 0 aliphatic carbocycles. The van der Waals surface area contributed by atoms with Gasteiger partial charge in [-0.2, -0.15) is 0 Å². The highest BCUT2D eigenvalue weighted by molar-refractivity contribution is 5.83. The highest BCUT2D eigenvalue weighted by Gasteiger charge is 2.13. The lowest BCUT2D eigenvalue weighted by molar-refractivity contribution is -0.135. The molecule has 0 radical (unpaired) electrons. The number of nitrogens with two attached hydrogens (primary N) is 2. The molecule has 0 aliphatic rings. The van der Waals surface area contributed by atoms with Crippen LogP contribution in [-0.2, 0) is 9.59 Å². The first-order chi connectivity index (χ1) is 9.02. The number of hydrogen-bond acceptors (Lipinski definition) is 4. The largest absolute Gasteiger partial charge is 0.493 e. The van der Waals surface area contributed by atoms with Crippen LogP contribution in [0.2, 0.25) is 0 Å². The van der Waals surface area contributed by atoms with Gasteiger partial charge in [0.2, 0.25) is 11.8 Å². The Kier molecular flexibility index (Phi) is 5.66. The molecule has 4 N–H and O–H groups in total. The molecule has 0 saturated heterocycles. The fraction of sp³-hybridized carbons (Fsp3) is 0.385. The molecule has 0 spiro atoms. The summed E-state index contributed by atoms with van der Waals surface area (Å²) in [6.45, 7) is 2.43. The van der Waals surface area contributed by atoms with Crippen LogP contribution in [0.3, 0.4) is 0 Å². The zero-order chi connectivity index (χ0) is 14.3. The standard InChI is InChI=1S/C13H19N3O3/c1-2-16(9-12(15)17)13(18)7-8-19-11-5-3-10(14)4-6-11/h3-6H,2,7-9,14H2,1H3,(H2,15,17). The number of likely N-dealkylation sites (N-methyl/N-ethyl adjacent to an activating group) is 1. The monoisotopic (exact) mass is 265 g/mol. The maximum absolute atomic E-state index is 11.8. The van der Waals surface area contributed by atoms with Gasteiger partial charge in [-0.25, -0.2) is 0 Å². The molecule has 6 nitrogen and oxygen atoms in total. The highest BCUT2D eigenvalue weighted by atomic mass is 16.5. The number of primary amides is 1. The van der Waals surface area contributed by atoms with Crippen molar-refractivity contribution in [3.05, 3.63) is 24.3 Å². The number of carbonyl (C=O) groups is 2. The first kappa shape index (κ1) is 14.8. The van der Waals surface area contributed by atoms with Gasteiger partial charge in [-0.15, -0.1) is 0 Å². The first-order valence-corrected chi connectivity index (χ1v) is 6.07. The fourth-order valence-electron chi connectivity index (χ4n) is 1.54. The maximum Gasteiger partial charge on any atom is 0.237 e. The molecule has 104 valence electrons. The van der Waals surface area contributed by atoms with Gasteiger partial charge in [0.15, 0.2) is 0 Å². The topological polar surface area (TPSA) is 98.6 Å². The van der Waals surface area contributed by atoms with E-state index < -0.39 is 5.91 Å². The van der Waals surface area contributed by atoms with Crippen LogP contribution in [-0.4, -0.2) is 36.4 Å². The SMILES string of the molecule is CCN(CC(N)=O)C(=O)CCOc1ccc(N)cc1. The lowest BCUT2D eigenvalue weighted by Gasteiger charge is -2.19. The van der Waals surface area contributed by atoms with Gasteiger partial charge in [0.25, 0.3) is 0 Å². The molecule has 1 aromatic rings. The van der Waals surface area contributed by atoms with E-state index in [0.29, 0.717) is 18.0 Å². The van der Waals surface area contributed by atoms with Crippen LogP contribution in [0, 0.1) is 0 Å². The molecule has 0 bridgehead atoms. The minimum Gasteiger partial charge on any atom is -0.493 e. The second-order valence-electron chi connectivity index (χ2n) is 4.04. The Bertz CT molecular complexity index is 431. The van der Waals surface area contributed by atoms with Crippen LogP contribution in [0.25, 0.3) is 0 Å². The molecule has 2 amide bonds. The van der Waals surface area contributed by atoms with Crippen molar-refractivity contribution >= 4 is 17.5 Å². The van der Waals surface area contributed by atoms with Gasteiger partial charge >= 0.3 is 0 Å². The average molecular weight is 265 g/mol. The van der Waals surface area contributed by atoms with Crippen LogP contribution in [0.4, 0.5) is 5.69 Å². The molecule has 19 heavy (non-hydrogen) atoms. The summed E-state index contributed by atoms with van der Waals surface area (Å²) >= 11 is 0. The average Bonchev–Trinajstić information content (AvgIpc) is 2.38. The lowest BCUT2D eigenvalue weighted by atomic mass is 10.3. The van der Waals surface area contributed by atoms with Crippen molar-refractivity contribution in [3.63, 3.8) is 0 Å². The van der Waals surface area contributed by atoms with Gasteiger partial charge in [0.1, 0.15) is 5.75 Å². The van der Waals surface area contributed by atoms with E-state index in [9.17, 15) is 9.59 Å². The summed E-state index contributed by atoms with van der Waals surface area (Å²) in [4.78, 5) is 24.0. The van der Waals surface area contributed by atoms with E-state index in [0.717, 1.165) is 0 Å². The third-order valence-electron chi connectivity index (χ3n) is 2.55. The molecular formula is C13H19N3O3. The third kappa shape index (κ3) is 5.29. The van der Waals surface area contributed by atoms with Gasteiger partial charge in [0, 0.05) is 12.2 Å². The maximum atomic E-state index is 11.8. The molecule has 6 heteroatoms. The molecule has 0 aromatic heterocycles. The van der Waals surface area contributed by atoms with E-state index in [-0.39, 0.29) is 25.5 Å². The number of amides is 2. The second kappa shape index (κ2) is 7.25. The number of nitrogen functional groups attached to an aromatic ring is 1. The highest BCUT2D eigenvalue weighted by Crippen LogP contribution is 2.13. The number of ether oxygens (including phenoxy) is 1. The molecule has 1 aromatic carbocycles. The van der Waals surface area contributed by atoms with Crippen LogP contribution < -0.4 is 16.2 Å². The van der Waals surface area contributed by atoms with Crippen molar-refractivity contribution in [1.29, 1.82) is 0 Å². The van der Waals surface area contributed by atoms with Crippen LogP contribution in [0.5, 0.6) is 5.75 Å². The number of hydrogen-bond donors (Lipinski definition) is 2. The van der Waals surface area contributed by atoms with Gasteiger partial charge in [0.05, 0.1) is 19.6 Å². The molecule has 0 fully saturated rings. The molecule has 0 atom stereocenters. The molecule has 0 saturated carbocycles. The number of rotatable bonds is 7. The number of carbonyl (C=O) groups excluding carboxylic acids is 2. The van der Waals surface area contributed by atoms with E-state index in [4.69, 9.17) is 16.2 Å². The summed E-state index contributed by atoms with van der Waals surface area (Å²) < 4.78 is 5.41. The van der Waals surface area contributed by atoms with Crippen LogP contribution in [0.15, 0.2) is 24.3 Å². The van der Waals surface area contributed by atoms with Crippen LogP contribution >= 0.6 is 0 Å². The van der Waals surface area contributed by atoms with Crippen molar-refractivity contribution in [2.24, 2.45) is 5.73 Å². The predicted molar refractivity (Wildman–Crippen MR) is 72.4 cm³/mol. The summed E-state index contributed by atoms with van der Waals surface area (Å²) in [5.41, 5.74) is 11.3. The van der Waals surface area contributed by atoms with Crippen molar-refractivity contribution in [1.82, 2.24) is 4.90 Å². The van der Waals surface area contributed by atoms with Crippen LogP contribution in [0.1, 0.15) is 13.3 Å². The van der Waals surface area contributed by atoms with Crippen molar-refractivity contribution in [2.45, 2.75) is 13.3 Å². The van der Waals surface area contributed by atoms with E-state index >= 15 is 0 Å². The normalized spacial score (nSPS) is 9.95. The molecule has 1 rings (SSSR count). The fourth-order valence-corrected chi connectivity index (χ4v) is 1.54. The van der Waals surface area contributed by atoms with E-state index in [1.807, 2.05) is 0 Å². The predicted octanol–water partition coefficient (Wildman–Crippen LogP) is 0.372. The summed E-state index contributed by atoms with van der Waals surface area (Å²) in [5.74, 6) is -0.0219. The van der Waals surface area contributed by atoms with Gasteiger partial charge < -0.3 is 21.1 Å². The summed E-state index contributed by atoms with van der Waals surface area (Å²) in [6, 6.07) is 6.92. The summed E-state index contributed by atoms with van der Waals surface area (Å²) in [5, 5.41) is 0. The van der Waals surface area contributed by atoms with Crippen molar-refractivity contribution < 1.29 is 14.3 Å². The number of nitrogens with zero attached hydrogens (tertiary/aromatic N) is 1. The lowest BCUT2D eigenvalue weighted by Crippen LogP contribution is -2.38. The molecule has 0 heterocycles. The summed E-state index contributed by atoms with van der Waals surface area (Å²) in [6.07, 6.45) is 0.200. The zero-order valence-corrected chi connectivity index (χ0v) is 11.0. The van der Waals surface area contributed by atoms with Crippen molar-refractivity contribution in [3.8, 4) is 5.75 Å². The number of benzene rings is 1. The quantitative estimate of drug-likeness (QED) is 0.696. The van der Waals surface area contributed by atoms with E-state index in [2.05, 4.69) is 0 Å². The second-order valence-corrected chi connectivity index (χ2v) is 4.04. The summed E-state index contributed by atoms with van der Waals surface area (Å²) in [7, 11) is 0. The number of anilines is 1. The van der Waals surface area contributed by atoms with Gasteiger partial charge in [-0.3, -0.25) is 9.59 Å². The Balaban J connectivity index is 2.37. The first-order valence-electron chi connectivity index (χ1n) is 6.07. The Hall–Kier alpha value is -2.24.